The van der Waals surface area contributed by atoms with E-state index in [4.69, 9.17) is 14.4 Å². The Balaban J connectivity index is 1.69. The van der Waals surface area contributed by atoms with E-state index in [0.29, 0.717) is 5.56 Å². The lowest BCUT2D eigenvalue weighted by molar-refractivity contribution is 0.154. The summed E-state index contributed by atoms with van der Waals surface area (Å²) in [7, 11) is 0. The smallest absolute Gasteiger partial charge is 0.414 e. The second-order valence-corrected chi connectivity index (χ2v) is 4.74. The Morgan fingerprint density at radius 3 is 2.79 bits per heavy atom. The molecule has 2 aromatic heterocycles. The Labute approximate surface area is 137 Å². The molecule has 3 rings (SSSR count). The minimum atomic E-state index is -0.732. The van der Waals surface area contributed by atoms with Crippen LogP contribution in [-0.4, -0.2) is 16.1 Å². The van der Waals surface area contributed by atoms with Crippen LogP contribution in [0.15, 0.2) is 59.3 Å². The monoisotopic (exact) mass is 320 g/mol. The summed E-state index contributed by atoms with van der Waals surface area (Å²) in [4.78, 5) is 19.8. The highest BCUT2D eigenvalue weighted by Gasteiger charge is 2.17. The van der Waals surface area contributed by atoms with Crippen LogP contribution >= 0.6 is 0 Å². The van der Waals surface area contributed by atoms with Gasteiger partial charge in [-0.2, -0.15) is 10.2 Å². The van der Waals surface area contributed by atoms with Gasteiger partial charge in [0, 0.05) is 12.4 Å². The molecule has 7 nitrogen and oxygen atoms in total. The Morgan fingerprint density at radius 1 is 1.25 bits per heavy atom. The molecule has 0 aliphatic heterocycles. The Kier molecular flexibility index (Phi) is 4.49. The molecule has 0 saturated heterocycles. The van der Waals surface area contributed by atoms with E-state index in [1.165, 1.54) is 0 Å². The van der Waals surface area contributed by atoms with E-state index in [-0.39, 0.29) is 24.1 Å². The molecule has 2 heterocycles. The van der Waals surface area contributed by atoms with Gasteiger partial charge in [-0.3, -0.25) is 10.3 Å². The van der Waals surface area contributed by atoms with Crippen molar-refractivity contribution in [2.75, 3.05) is 5.32 Å². The van der Waals surface area contributed by atoms with Crippen LogP contribution in [-0.2, 0) is 11.3 Å². The maximum Gasteiger partial charge on any atom is 0.414 e. The van der Waals surface area contributed by atoms with Crippen LogP contribution in [0.2, 0.25) is 0 Å². The van der Waals surface area contributed by atoms with Crippen LogP contribution in [0.25, 0.3) is 11.5 Å². The van der Waals surface area contributed by atoms with Crippen molar-refractivity contribution < 1.29 is 13.9 Å². The average molecular weight is 320 g/mol. The van der Waals surface area contributed by atoms with E-state index in [1.54, 1.807) is 24.5 Å². The zero-order valence-electron chi connectivity index (χ0n) is 12.5. The summed E-state index contributed by atoms with van der Waals surface area (Å²) in [6, 6.07) is 14.6. The third kappa shape index (κ3) is 3.56. The van der Waals surface area contributed by atoms with Crippen LogP contribution in [0.5, 0.6) is 0 Å². The number of carbonyl (C=O) groups excluding carboxylic acids is 1. The lowest BCUT2D eigenvalue weighted by Gasteiger charge is -2.04. The first kappa shape index (κ1) is 15.2. The predicted molar refractivity (Wildman–Crippen MR) is 84.7 cm³/mol. The number of nitrogens with one attached hydrogen (secondary N) is 1. The summed E-state index contributed by atoms with van der Waals surface area (Å²) in [6.07, 6.45) is 2.42. The van der Waals surface area contributed by atoms with Crippen LogP contribution in [0.1, 0.15) is 11.3 Å². The zero-order valence-corrected chi connectivity index (χ0v) is 12.5. The average Bonchev–Trinajstić information content (AvgIpc) is 3.04. The molecule has 0 aliphatic rings. The molecule has 0 radical (unpaired) electrons. The summed E-state index contributed by atoms with van der Waals surface area (Å²) in [6.45, 7) is 0.109. The third-order valence-corrected chi connectivity index (χ3v) is 3.07. The SMILES string of the molecule is N#Cc1nc(-c2cccnc2)oc1NC(=O)OCc1ccccc1. The molecule has 7 heteroatoms. The van der Waals surface area contributed by atoms with Gasteiger partial charge in [0.2, 0.25) is 17.5 Å². The van der Waals surface area contributed by atoms with Crippen molar-refractivity contribution in [3.63, 3.8) is 0 Å². The van der Waals surface area contributed by atoms with E-state index in [9.17, 15) is 4.79 Å². The molecular formula is C17H12N4O3. The van der Waals surface area contributed by atoms with E-state index in [2.05, 4.69) is 15.3 Å². The highest BCUT2D eigenvalue weighted by molar-refractivity contribution is 5.84. The van der Waals surface area contributed by atoms with Crippen molar-refractivity contribution in [2.24, 2.45) is 0 Å². The molecule has 3 aromatic rings. The van der Waals surface area contributed by atoms with Gasteiger partial charge in [0.25, 0.3) is 0 Å². The summed E-state index contributed by atoms with van der Waals surface area (Å²) in [5, 5.41) is 11.5. The molecule has 1 amide bonds. The number of carbonyl (C=O) groups is 1. The molecule has 0 saturated carbocycles. The van der Waals surface area contributed by atoms with Gasteiger partial charge >= 0.3 is 6.09 Å². The normalized spacial score (nSPS) is 9.96. The molecule has 0 fully saturated rings. The summed E-state index contributed by atoms with van der Waals surface area (Å²) in [5.74, 6) is 0.132. The van der Waals surface area contributed by atoms with E-state index in [0.717, 1.165) is 5.56 Å². The summed E-state index contributed by atoms with van der Waals surface area (Å²) >= 11 is 0. The fourth-order valence-corrected chi connectivity index (χ4v) is 1.95. The first-order valence-electron chi connectivity index (χ1n) is 7.05. The molecule has 0 atom stereocenters. The maximum atomic E-state index is 11.9. The highest BCUT2D eigenvalue weighted by Crippen LogP contribution is 2.24. The second kappa shape index (κ2) is 7.07. The first-order valence-corrected chi connectivity index (χ1v) is 7.05. The van der Waals surface area contributed by atoms with Crippen molar-refractivity contribution in [1.29, 1.82) is 5.26 Å². The minimum absolute atomic E-state index is 0.0366. The number of ether oxygens (including phenoxy) is 1. The van der Waals surface area contributed by atoms with Crippen molar-refractivity contribution in [2.45, 2.75) is 6.61 Å². The molecule has 118 valence electrons. The van der Waals surface area contributed by atoms with Crippen LogP contribution in [0.4, 0.5) is 10.7 Å². The van der Waals surface area contributed by atoms with Crippen LogP contribution < -0.4 is 5.32 Å². The Hall–Kier alpha value is -3.66. The number of hydrogen-bond donors (Lipinski definition) is 1. The number of benzene rings is 1. The standard InChI is InChI=1S/C17H12N4O3/c18-9-14-16(24-15(20-14)13-7-4-8-19-10-13)21-17(22)23-11-12-5-2-1-3-6-12/h1-8,10H,11H2,(H,21,22). The molecule has 0 spiro atoms. The fourth-order valence-electron chi connectivity index (χ4n) is 1.95. The number of rotatable bonds is 4. The Bertz CT molecular complexity index is 870. The van der Waals surface area contributed by atoms with E-state index in [1.807, 2.05) is 36.4 Å². The van der Waals surface area contributed by atoms with Crippen molar-refractivity contribution >= 4 is 12.0 Å². The van der Waals surface area contributed by atoms with Gasteiger partial charge in [-0.05, 0) is 17.7 Å². The number of anilines is 1. The van der Waals surface area contributed by atoms with Crippen LogP contribution in [0, 0.1) is 11.3 Å². The molecule has 1 aromatic carbocycles. The fraction of sp³-hybridized carbons (Fsp3) is 0.0588. The van der Waals surface area contributed by atoms with Gasteiger partial charge in [0.05, 0.1) is 5.56 Å². The van der Waals surface area contributed by atoms with Gasteiger partial charge in [0.15, 0.2) is 0 Å². The zero-order chi connectivity index (χ0) is 16.8. The first-order chi connectivity index (χ1) is 11.8. The quantitative estimate of drug-likeness (QED) is 0.791. The van der Waals surface area contributed by atoms with Gasteiger partial charge in [-0.25, -0.2) is 4.79 Å². The van der Waals surface area contributed by atoms with Gasteiger partial charge in [-0.1, -0.05) is 30.3 Å². The maximum absolute atomic E-state index is 11.9. The van der Waals surface area contributed by atoms with Gasteiger partial charge in [-0.15, -0.1) is 0 Å². The lowest BCUT2D eigenvalue weighted by atomic mass is 10.2. The van der Waals surface area contributed by atoms with E-state index < -0.39 is 6.09 Å². The van der Waals surface area contributed by atoms with Crippen LogP contribution in [0.3, 0.4) is 0 Å². The molecule has 1 N–H and O–H groups in total. The number of pyridine rings is 1. The van der Waals surface area contributed by atoms with Crippen molar-refractivity contribution in [3.8, 4) is 17.5 Å². The number of aromatic nitrogens is 2. The number of amides is 1. The van der Waals surface area contributed by atoms with E-state index >= 15 is 0 Å². The highest BCUT2D eigenvalue weighted by atomic mass is 16.6. The van der Waals surface area contributed by atoms with Crippen molar-refractivity contribution in [3.05, 3.63) is 66.1 Å². The topological polar surface area (TPSA) is 101 Å². The molecule has 24 heavy (non-hydrogen) atoms. The van der Waals surface area contributed by atoms with Gasteiger partial charge in [0.1, 0.15) is 12.7 Å². The molecule has 0 aliphatic carbocycles. The minimum Gasteiger partial charge on any atom is -0.444 e. The second-order valence-electron chi connectivity index (χ2n) is 4.74. The number of nitriles is 1. The Morgan fingerprint density at radius 2 is 2.08 bits per heavy atom. The molecule has 0 bridgehead atoms. The van der Waals surface area contributed by atoms with Crippen molar-refractivity contribution in [1.82, 2.24) is 9.97 Å². The third-order valence-electron chi connectivity index (χ3n) is 3.07. The number of nitrogens with zero attached hydrogens (tertiary/aromatic N) is 3. The summed E-state index contributed by atoms with van der Waals surface area (Å²) in [5.41, 5.74) is 1.41. The molecular weight excluding hydrogens is 308 g/mol. The predicted octanol–water partition coefficient (Wildman–Crippen LogP) is 3.36. The summed E-state index contributed by atoms with van der Waals surface area (Å²) < 4.78 is 10.5. The molecule has 0 unspecified atom stereocenters. The van der Waals surface area contributed by atoms with Gasteiger partial charge < -0.3 is 9.15 Å². The lowest BCUT2D eigenvalue weighted by Crippen LogP contribution is -2.13. The number of oxazole rings is 1. The number of hydrogen-bond acceptors (Lipinski definition) is 6. The largest absolute Gasteiger partial charge is 0.444 e.